The van der Waals surface area contributed by atoms with Gasteiger partial charge >= 0.3 is 6.03 Å². The van der Waals surface area contributed by atoms with Gasteiger partial charge in [0.25, 0.3) is 0 Å². The molecule has 1 saturated heterocycles. The summed E-state index contributed by atoms with van der Waals surface area (Å²) < 4.78 is 15.4. The molecule has 0 aliphatic carbocycles. The van der Waals surface area contributed by atoms with Gasteiger partial charge in [-0.3, -0.25) is 4.68 Å². The van der Waals surface area contributed by atoms with E-state index in [2.05, 4.69) is 15.4 Å². The molecule has 1 aliphatic heterocycles. The Balaban J connectivity index is 1.34. The largest absolute Gasteiger partial charge is 0.361 e. The van der Waals surface area contributed by atoms with Gasteiger partial charge in [0.05, 0.1) is 6.20 Å². The number of rotatable bonds is 4. The fourth-order valence-electron chi connectivity index (χ4n) is 3.81. The van der Waals surface area contributed by atoms with Gasteiger partial charge in [0.15, 0.2) is 0 Å². The van der Waals surface area contributed by atoms with Crippen LogP contribution in [0.3, 0.4) is 0 Å². The number of fused-ring (bicyclic) bond motifs is 1. The summed E-state index contributed by atoms with van der Waals surface area (Å²) in [6, 6.07) is 4.80. The molecule has 2 aromatic heterocycles. The van der Waals surface area contributed by atoms with Crippen molar-refractivity contribution >= 4 is 16.9 Å². The predicted octanol–water partition coefficient (Wildman–Crippen LogP) is 3.61. The van der Waals surface area contributed by atoms with Gasteiger partial charge in [-0.05, 0) is 49.4 Å². The molecule has 1 aliphatic rings. The van der Waals surface area contributed by atoms with Crippen molar-refractivity contribution < 1.29 is 9.18 Å². The van der Waals surface area contributed by atoms with Crippen LogP contribution in [0.5, 0.6) is 0 Å². The number of H-pyrrole nitrogens is 1. The molecule has 0 atom stereocenters. The first-order valence-electron chi connectivity index (χ1n) is 9.44. The van der Waals surface area contributed by atoms with Gasteiger partial charge in [0, 0.05) is 55.0 Å². The number of aromatic nitrogens is 3. The smallest absolute Gasteiger partial charge is 0.317 e. The number of carbonyl (C=O) groups excluding carboxylic acids is 1. The summed E-state index contributed by atoms with van der Waals surface area (Å²) in [4.78, 5) is 17.5. The van der Waals surface area contributed by atoms with E-state index in [0.29, 0.717) is 25.6 Å². The lowest BCUT2D eigenvalue weighted by Gasteiger charge is -2.32. The lowest BCUT2D eigenvalue weighted by Crippen LogP contribution is -2.43. The van der Waals surface area contributed by atoms with Gasteiger partial charge in [0.1, 0.15) is 5.82 Å². The van der Waals surface area contributed by atoms with Crippen LogP contribution < -0.4 is 5.32 Å². The van der Waals surface area contributed by atoms with E-state index in [1.165, 1.54) is 6.07 Å². The number of halogens is 1. The van der Waals surface area contributed by atoms with Crippen molar-refractivity contribution in [2.75, 3.05) is 13.1 Å². The maximum absolute atomic E-state index is 13.6. The van der Waals surface area contributed by atoms with Crippen LogP contribution in [0.25, 0.3) is 10.9 Å². The molecule has 7 heteroatoms. The van der Waals surface area contributed by atoms with Crippen molar-refractivity contribution in [2.24, 2.45) is 0 Å². The first-order chi connectivity index (χ1) is 13.1. The van der Waals surface area contributed by atoms with Crippen LogP contribution in [0.2, 0.25) is 0 Å². The normalized spacial score (nSPS) is 15.4. The van der Waals surface area contributed by atoms with E-state index >= 15 is 0 Å². The van der Waals surface area contributed by atoms with Crippen molar-refractivity contribution in [3.63, 3.8) is 0 Å². The van der Waals surface area contributed by atoms with E-state index in [9.17, 15) is 9.18 Å². The molecule has 1 fully saturated rings. The third-order valence-electron chi connectivity index (χ3n) is 5.35. The number of hydrogen-bond donors (Lipinski definition) is 2. The molecular weight excluding hydrogens is 345 g/mol. The first kappa shape index (κ1) is 17.6. The number of urea groups is 1. The molecule has 0 spiro atoms. The number of piperidine rings is 1. The van der Waals surface area contributed by atoms with E-state index in [0.717, 1.165) is 41.4 Å². The number of nitrogens with zero attached hydrogens (tertiary/aromatic N) is 3. The highest BCUT2D eigenvalue weighted by molar-refractivity contribution is 5.84. The zero-order valence-electron chi connectivity index (χ0n) is 15.4. The minimum atomic E-state index is -0.216. The molecule has 0 unspecified atom stereocenters. The fourth-order valence-corrected chi connectivity index (χ4v) is 3.81. The minimum Gasteiger partial charge on any atom is -0.361 e. The Morgan fingerprint density at radius 3 is 2.93 bits per heavy atom. The molecule has 0 bridgehead atoms. The number of carbonyl (C=O) groups is 1. The number of aromatic amines is 1. The van der Waals surface area contributed by atoms with Crippen LogP contribution in [0, 0.1) is 5.82 Å². The molecule has 6 nitrogen and oxygen atoms in total. The SMILES string of the molecule is CCn1cc(CNC(=O)N2CCC(c3c[nH]c4ccc(F)cc34)CC2)cn1. The summed E-state index contributed by atoms with van der Waals surface area (Å²) in [6.45, 7) is 4.74. The van der Waals surface area contributed by atoms with Crippen molar-refractivity contribution in [3.05, 3.63) is 53.7 Å². The molecule has 142 valence electrons. The van der Waals surface area contributed by atoms with E-state index in [1.807, 2.05) is 28.9 Å². The molecule has 3 aromatic rings. The average Bonchev–Trinajstić information content (AvgIpc) is 3.32. The second-order valence-corrected chi connectivity index (χ2v) is 7.06. The Kier molecular flexibility index (Phi) is 4.83. The lowest BCUT2D eigenvalue weighted by molar-refractivity contribution is 0.181. The third kappa shape index (κ3) is 3.67. The number of nitrogens with one attached hydrogen (secondary N) is 2. The predicted molar refractivity (Wildman–Crippen MR) is 102 cm³/mol. The van der Waals surface area contributed by atoms with Crippen molar-refractivity contribution in [1.82, 2.24) is 25.0 Å². The molecule has 2 N–H and O–H groups in total. The second kappa shape index (κ2) is 7.42. The average molecular weight is 369 g/mol. The van der Waals surface area contributed by atoms with Crippen molar-refractivity contribution in [2.45, 2.75) is 38.8 Å². The van der Waals surface area contributed by atoms with Crippen LogP contribution in [-0.4, -0.2) is 38.8 Å². The van der Waals surface area contributed by atoms with Gasteiger partial charge in [0.2, 0.25) is 0 Å². The lowest BCUT2D eigenvalue weighted by atomic mass is 9.89. The van der Waals surface area contributed by atoms with E-state index in [1.54, 1.807) is 18.3 Å². The van der Waals surface area contributed by atoms with Gasteiger partial charge in [-0.25, -0.2) is 9.18 Å². The highest BCUT2D eigenvalue weighted by atomic mass is 19.1. The summed E-state index contributed by atoms with van der Waals surface area (Å²) in [5.41, 5.74) is 3.11. The zero-order chi connectivity index (χ0) is 18.8. The zero-order valence-corrected chi connectivity index (χ0v) is 15.4. The Morgan fingerprint density at radius 2 is 2.19 bits per heavy atom. The second-order valence-electron chi connectivity index (χ2n) is 7.06. The summed E-state index contributed by atoms with van der Waals surface area (Å²) in [6.07, 6.45) is 7.47. The van der Waals surface area contributed by atoms with Crippen LogP contribution in [0.1, 0.15) is 36.8 Å². The summed E-state index contributed by atoms with van der Waals surface area (Å²) in [5.74, 6) is 0.124. The van der Waals surface area contributed by atoms with Crippen LogP contribution in [-0.2, 0) is 13.1 Å². The summed E-state index contributed by atoms with van der Waals surface area (Å²) in [7, 11) is 0. The molecule has 4 rings (SSSR count). The molecule has 1 aromatic carbocycles. The highest BCUT2D eigenvalue weighted by Crippen LogP contribution is 2.33. The van der Waals surface area contributed by atoms with Crippen molar-refractivity contribution in [1.29, 1.82) is 0 Å². The monoisotopic (exact) mass is 369 g/mol. The van der Waals surface area contributed by atoms with Crippen LogP contribution in [0.15, 0.2) is 36.8 Å². The van der Waals surface area contributed by atoms with Gasteiger partial charge in [-0.1, -0.05) is 0 Å². The molecular formula is C20H24FN5O. The van der Waals surface area contributed by atoms with Gasteiger partial charge in [-0.15, -0.1) is 0 Å². The Hall–Kier alpha value is -2.83. The van der Waals surface area contributed by atoms with Gasteiger partial charge < -0.3 is 15.2 Å². The fraction of sp³-hybridized carbons (Fsp3) is 0.400. The quantitative estimate of drug-likeness (QED) is 0.738. The van der Waals surface area contributed by atoms with Crippen LogP contribution in [0.4, 0.5) is 9.18 Å². The van der Waals surface area contributed by atoms with E-state index < -0.39 is 0 Å². The molecule has 0 saturated carbocycles. The number of likely N-dealkylation sites (tertiary alicyclic amines) is 1. The topological polar surface area (TPSA) is 66.0 Å². The van der Waals surface area contributed by atoms with E-state index in [4.69, 9.17) is 0 Å². The van der Waals surface area contributed by atoms with E-state index in [-0.39, 0.29) is 11.8 Å². The maximum atomic E-state index is 13.6. The highest BCUT2D eigenvalue weighted by Gasteiger charge is 2.25. The number of aryl methyl sites for hydroxylation is 1. The number of benzene rings is 1. The molecule has 27 heavy (non-hydrogen) atoms. The summed E-state index contributed by atoms with van der Waals surface area (Å²) >= 11 is 0. The first-order valence-corrected chi connectivity index (χ1v) is 9.44. The molecule has 3 heterocycles. The minimum absolute atomic E-state index is 0.0392. The number of hydrogen-bond acceptors (Lipinski definition) is 2. The Morgan fingerprint density at radius 1 is 1.37 bits per heavy atom. The maximum Gasteiger partial charge on any atom is 0.317 e. The molecule has 2 amide bonds. The Labute approximate surface area is 157 Å². The van der Waals surface area contributed by atoms with Crippen molar-refractivity contribution in [3.8, 4) is 0 Å². The molecule has 0 radical (unpaired) electrons. The van der Waals surface area contributed by atoms with Crippen LogP contribution >= 0.6 is 0 Å². The van der Waals surface area contributed by atoms with Gasteiger partial charge in [-0.2, -0.15) is 5.10 Å². The summed E-state index contributed by atoms with van der Waals surface area (Å²) in [5, 5.41) is 8.14. The Bertz CT molecular complexity index is 939. The standard InChI is InChI=1S/C20H24FN5O/c1-2-26-13-14(11-24-26)10-23-20(27)25-7-5-15(6-8-25)18-12-22-19-4-3-16(21)9-17(18)19/h3-4,9,11-13,15,22H,2,5-8,10H2,1H3,(H,23,27). The number of amides is 2. The third-order valence-corrected chi connectivity index (χ3v) is 5.35.